The fraction of sp³-hybridized carbons (Fsp3) is 0.387. The molecule has 0 unspecified atom stereocenters. The number of rotatable bonds is 5. The maximum absolute atomic E-state index is 13.1. The van der Waals surface area contributed by atoms with E-state index in [9.17, 15) is 14.4 Å². The fourth-order valence-corrected chi connectivity index (χ4v) is 5.74. The van der Waals surface area contributed by atoms with Gasteiger partial charge < -0.3 is 15.0 Å². The Bertz CT molecular complexity index is 1240. The molecule has 6 nitrogen and oxygen atoms in total. The Labute approximate surface area is 229 Å². The lowest BCUT2D eigenvalue weighted by Crippen LogP contribution is -2.39. The van der Waals surface area contributed by atoms with E-state index in [1.54, 1.807) is 12.1 Å². The highest BCUT2D eigenvalue weighted by Gasteiger charge is 2.42. The highest BCUT2D eigenvalue weighted by Crippen LogP contribution is 2.49. The summed E-state index contributed by atoms with van der Waals surface area (Å²) in [6, 6.07) is 15.6. The van der Waals surface area contributed by atoms with Crippen molar-refractivity contribution in [1.29, 1.82) is 0 Å². The van der Waals surface area contributed by atoms with Gasteiger partial charge in [-0.25, -0.2) is 0 Å². The first-order valence-electron chi connectivity index (χ1n) is 13.3. The molecule has 0 fully saturated rings. The van der Waals surface area contributed by atoms with Gasteiger partial charge in [-0.2, -0.15) is 0 Å². The average molecular weight is 535 g/mol. The predicted octanol–water partition coefficient (Wildman–Crippen LogP) is 5.89. The maximum Gasteiger partial charge on any atom is 0.257 e. The molecular weight excluding hydrogens is 500 g/mol. The lowest BCUT2D eigenvalue weighted by atomic mass is 9.71. The van der Waals surface area contributed by atoms with Crippen LogP contribution in [0.3, 0.4) is 0 Å². The third kappa shape index (κ3) is 5.86. The summed E-state index contributed by atoms with van der Waals surface area (Å²) in [5.74, 6) is -0.0130. The van der Waals surface area contributed by atoms with Gasteiger partial charge in [0, 0.05) is 54.9 Å². The van der Waals surface area contributed by atoms with Crippen molar-refractivity contribution in [3.05, 3.63) is 87.2 Å². The smallest absolute Gasteiger partial charge is 0.257 e. The van der Waals surface area contributed by atoms with Gasteiger partial charge in [-0.3, -0.25) is 14.4 Å². The van der Waals surface area contributed by atoms with Crippen LogP contribution in [0.4, 0.5) is 0 Å². The number of ether oxygens (including phenoxy) is 1. The average Bonchev–Trinajstić information content (AvgIpc) is 2.92. The molecule has 0 bridgehead atoms. The van der Waals surface area contributed by atoms with Crippen LogP contribution < -0.4 is 10.1 Å². The summed E-state index contributed by atoms with van der Waals surface area (Å²) < 4.78 is 5.51. The summed E-state index contributed by atoms with van der Waals surface area (Å²) in [4.78, 5) is 39.9. The molecule has 1 heterocycles. The molecule has 0 saturated carbocycles. The Morgan fingerprint density at radius 3 is 2.05 bits per heavy atom. The number of benzene rings is 2. The Hall–Kier alpha value is -3.38. The Balaban J connectivity index is 0.000000417. The van der Waals surface area contributed by atoms with Gasteiger partial charge in [-0.15, -0.1) is 0 Å². The highest BCUT2D eigenvalue weighted by atomic mass is 35.5. The lowest BCUT2D eigenvalue weighted by Gasteiger charge is -2.43. The van der Waals surface area contributed by atoms with E-state index in [2.05, 4.69) is 36.2 Å². The standard InChI is InChI=1S/C24H27ClN2O4.C7H8/c1-3-27-16-6-4-8-18(28)23(16)22(24-17(27)7-5-9-19(24)29)14-10-11-20(15(25)12-14)31-13-21(30)26-2;1-7-5-3-2-4-6-7/h10-12,22H,3-9,13H2,1-2H3,(H,26,30);2-6H,1H3. The van der Waals surface area contributed by atoms with E-state index in [1.807, 2.05) is 24.3 Å². The second kappa shape index (κ2) is 12.4. The molecule has 3 aliphatic rings. The van der Waals surface area contributed by atoms with Crippen molar-refractivity contribution in [3.8, 4) is 5.75 Å². The van der Waals surface area contributed by atoms with Crippen molar-refractivity contribution in [1.82, 2.24) is 10.2 Å². The van der Waals surface area contributed by atoms with Crippen LogP contribution in [-0.2, 0) is 14.4 Å². The quantitative estimate of drug-likeness (QED) is 0.517. The lowest BCUT2D eigenvalue weighted by molar-refractivity contribution is -0.122. The molecule has 38 heavy (non-hydrogen) atoms. The Morgan fingerprint density at radius 1 is 0.974 bits per heavy atom. The van der Waals surface area contributed by atoms with Crippen molar-refractivity contribution in [3.63, 3.8) is 0 Å². The number of carbonyl (C=O) groups is 3. The van der Waals surface area contributed by atoms with Crippen molar-refractivity contribution >= 4 is 29.1 Å². The van der Waals surface area contributed by atoms with E-state index in [0.29, 0.717) is 23.6 Å². The molecule has 200 valence electrons. The van der Waals surface area contributed by atoms with Crippen molar-refractivity contribution < 1.29 is 19.1 Å². The number of carbonyl (C=O) groups excluding carboxylic acids is 3. The molecule has 0 spiro atoms. The highest BCUT2D eigenvalue weighted by molar-refractivity contribution is 6.32. The number of hydrogen-bond acceptors (Lipinski definition) is 5. The van der Waals surface area contributed by atoms with Crippen molar-refractivity contribution in [2.75, 3.05) is 20.2 Å². The predicted molar refractivity (Wildman–Crippen MR) is 149 cm³/mol. The summed E-state index contributed by atoms with van der Waals surface area (Å²) in [7, 11) is 1.54. The van der Waals surface area contributed by atoms with Crippen molar-refractivity contribution in [2.24, 2.45) is 0 Å². The van der Waals surface area contributed by atoms with Gasteiger partial charge in [0.05, 0.1) is 5.02 Å². The largest absolute Gasteiger partial charge is 0.482 e. The van der Waals surface area contributed by atoms with Gasteiger partial charge >= 0.3 is 0 Å². The topological polar surface area (TPSA) is 75.7 Å². The molecular formula is C31H35ClN2O4. The van der Waals surface area contributed by atoms with E-state index in [4.69, 9.17) is 16.3 Å². The maximum atomic E-state index is 13.1. The number of amides is 1. The van der Waals surface area contributed by atoms with Crippen LogP contribution in [0.15, 0.2) is 71.1 Å². The normalized spacial score (nSPS) is 17.4. The van der Waals surface area contributed by atoms with Crippen LogP contribution in [0.25, 0.3) is 0 Å². The van der Waals surface area contributed by atoms with Crippen molar-refractivity contribution in [2.45, 2.75) is 58.3 Å². The first-order chi connectivity index (χ1) is 18.3. The molecule has 7 heteroatoms. The number of likely N-dealkylation sites (N-methyl/N-ethyl adjacent to an activating group) is 1. The first kappa shape index (κ1) is 27.6. The molecule has 0 aromatic heterocycles. The number of hydrogen-bond donors (Lipinski definition) is 1. The number of allylic oxidation sites excluding steroid dienone is 4. The molecule has 0 radical (unpaired) electrons. The monoisotopic (exact) mass is 534 g/mol. The molecule has 0 saturated heterocycles. The Morgan fingerprint density at radius 2 is 1.58 bits per heavy atom. The van der Waals surface area contributed by atoms with Crippen LogP contribution in [0.2, 0.25) is 5.02 Å². The second-order valence-corrected chi connectivity index (χ2v) is 10.2. The molecule has 5 rings (SSSR count). The van der Waals surface area contributed by atoms with E-state index < -0.39 is 0 Å². The number of ketones is 2. The van der Waals surface area contributed by atoms with E-state index in [1.165, 1.54) is 12.6 Å². The zero-order valence-corrected chi connectivity index (χ0v) is 23.1. The van der Waals surface area contributed by atoms with Gasteiger partial charge in [-0.05, 0) is 57.2 Å². The molecule has 1 amide bonds. The summed E-state index contributed by atoms with van der Waals surface area (Å²) in [6.45, 7) is 4.77. The van der Waals surface area contributed by atoms with Crippen LogP contribution in [0, 0.1) is 6.92 Å². The molecule has 2 aromatic rings. The fourth-order valence-electron chi connectivity index (χ4n) is 5.50. The SMILES string of the molecule is CCN1C2=C(C(=O)CCC2)C(c2ccc(OCC(=O)NC)c(Cl)c2)C2=C1CCCC2=O.Cc1ccccc1. The number of Topliss-reactive ketones (excluding diaryl/α,β-unsaturated/α-hetero) is 2. The second-order valence-electron chi connectivity index (χ2n) is 9.76. The van der Waals surface area contributed by atoms with Crippen LogP contribution in [0.5, 0.6) is 5.75 Å². The first-order valence-corrected chi connectivity index (χ1v) is 13.7. The zero-order valence-electron chi connectivity index (χ0n) is 22.3. The van der Waals surface area contributed by atoms with Crippen LogP contribution >= 0.6 is 11.6 Å². The molecule has 0 atom stereocenters. The van der Waals surface area contributed by atoms with Gasteiger partial charge in [0.15, 0.2) is 18.2 Å². The molecule has 1 aliphatic heterocycles. The van der Waals surface area contributed by atoms with Gasteiger partial charge in [0.25, 0.3) is 5.91 Å². The van der Waals surface area contributed by atoms with E-state index in [-0.39, 0.29) is 30.0 Å². The minimum atomic E-state index is -0.390. The summed E-state index contributed by atoms with van der Waals surface area (Å²) in [5.41, 5.74) is 5.76. The van der Waals surface area contributed by atoms with Crippen LogP contribution in [-0.4, -0.2) is 42.6 Å². The summed E-state index contributed by atoms with van der Waals surface area (Å²) in [5, 5.41) is 2.86. The number of halogens is 1. The number of aryl methyl sites for hydroxylation is 1. The van der Waals surface area contributed by atoms with Gasteiger partial charge in [0.2, 0.25) is 0 Å². The van der Waals surface area contributed by atoms with E-state index in [0.717, 1.165) is 60.3 Å². The Kier molecular flexibility index (Phi) is 9.05. The third-order valence-electron chi connectivity index (χ3n) is 7.27. The number of nitrogens with one attached hydrogen (secondary N) is 1. The molecule has 2 aliphatic carbocycles. The van der Waals surface area contributed by atoms with Crippen LogP contribution in [0.1, 0.15) is 62.5 Å². The summed E-state index contributed by atoms with van der Waals surface area (Å²) in [6.07, 6.45) is 4.37. The van der Waals surface area contributed by atoms with E-state index >= 15 is 0 Å². The molecule has 1 N–H and O–H groups in total. The molecule has 2 aromatic carbocycles. The zero-order chi connectivity index (χ0) is 27.2. The van der Waals surface area contributed by atoms with Gasteiger partial charge in [-0.1, -0.05) is 53.6 Å². The minimum Gasteiger partial charge on any atom is -0.482 e. The summed E-state index contributed by atoms with van der Waals surface area (Å²) >= 11 is 6.49. The number of nitrogens with zero attached hydrogens (tertiary/aromatic N) is 1. The van der Waals surface area contributed by atoms with Gasteiger partial charge in [0.1, 0.15) is 5.75 Å². The third-order valence-corrected chi connectivity index (χ3v) is 7.57. The minimum absolute atomic E-state index is 0.116.